The van der Waals surface area contributed by atoms with Crippen molar-refractivity contribution in [2.45, 2.75) is 32.2 Å². The standard InChI is InChI=1S/C16H21FN2O.ClH/c1-11-15-12(3-2-4-14(15)17)7-10-19(11)16(20)13-5-8-18-9-6-13;/h2-4,11,13,18H,5-10H2,1H3;1H. The summed E-state index contributed by atoms with van der Waals surface area (Å²) >= 11 is 0. The lowest BCUT2D eigenvalue weighted by Gasteiger charge is -2.38. The van der Waals surface area contributed by atoms with E-state index in [1.165, 1.54) is 6.07 Å². The number of hydrogen-bond donors (Lipinski definition) is 1. The van der Waals surface area contributed by atoms with Crippen LogP contribution >= 0.6 is 12.4 Å². The Kier molecular flexibility index (Phi) is 5.22. The first-order valence-corrected chi connectivity index (χ1v) is 7.47. The van der Waals surface area contributed by atoms with Crippen LogP contribution in [0.1, 0.15) is 36.9 Å². The summed E-state index contributed by atoms with van der Waals surface area (Å²) in [5.74, 6) is 0.123. The van der Waals surface area contributed by atoms with Crippen LogP contribution in [0.4, 0.5) is 4.39 Å². The molecule has 3 nitrogen and oxygen atoms in total. The third-order valence-corrected chi connectivity index (χ3v) is 4.62. The van der Waals surface area contributed by atoms with E-state index in [-0.39, 0.29) is 36.1 Å². The molecule has 0 radical (unpaired) electrons. The quantitative estimate of drug-likeness (QED) is 0.865. The highest BCUT2D eigenvalue weighted by atomic mass is 35.5. The number of benzene rings is 1. The molecule has 5 heteroatoms. The largest absolute Gasteiger partial charge is 0.335 e. The Balaban J connectivity index is 0.00000161. The number of nitrogens with one attached hydrogen (secondary N) is 1. The van der Waals surface area contributed by atoms with Crippen LogP contribution in [0.2, 0.25) is 0 Å². The third kappa shape index (κ3) is 3.06. The molecule has 1 aromatic carbocycles. The fourth-order valence-corrected chi connectivity index (χ4v) is 3.46. The first-order chi connectivity index (χ1) is 9.68. The summed E-state index contributed by atoms with van der Waals surface area (Å²) in [4.78, 5) is 14.5. The first-order valence-electron chi connectivity index (χ1n) is 7.47. The van der Waals surface area contributed by atoms with Crippen molar-refractivity contribution in [3.05, 3.63) is 35.1 Å². The monoisotopic (exact) mass is 312 g/mol. The number of piperidine rings is 1. The van der Waals surface area contributed by atoms with Crippen LogP contribution < -0.4 is 5.32 Å². The van der Waals surface area contributed by atoms with Gasteiger partial charge in [0.1, 0.15) is 5.82 Å². The van der Waals surface area contributed by atoms with Crippen LogP contribution in [0.25, 0.3) is 0 Å². The predicted octanol–water partition coefficient (Wildman–Crippen LogP) is 2.69. The minimum Gasteiger partial charge on any atom is -0.335 e. The molecule has 3 rings (SSSR count). The normalized spacial score (nSPS) is 22.4. The zero-order valence-electron chi connectivity index (χ0n) is 12.3. The van der Waals surface area contributed by atoms with Gasteiger partial charge in [-0.2, -0.15) is 0 Å². The average Bonchev–Trinajstić information content (AvgIpc) is 2.48. The smallest absolute Gasteiger partial charge is 0.226 e. The Bertz CT molecular complexity index is 517. The summed E-state index contributed by atoms with van der Waals surface area (Å²) in [6, 6.07) is 5.07. The van der Waals surface area contributed by atoms with E-state index < -0.39 is 0 Å². The van der Waals surface area contributed by atoms with Gasteiger partial charge >= 0.3 is 0 Å². The highest BCUT2D eigenvalue weighted by Gasteiger charge is 2.33. The van der Waals surface area contributed by atoms with Crippen LogP contribution in [0.3, 0.4) is 0 Å². The lowest BCUT2D eigenvalue weighted by atomic mass is 9.90. The van der Waals surface area contributed by atoms with Crippen molar-refractivity contribution in [3.8, 4) is 0 Å². The number of carbonyl (C=O) groups is 1. The Hall–Kier alpha value is -1.13. The Labute approximate surface area is 131 Å². The molecule has 0 saturated carbocycles. The van der Waals surface area contributed by atoms with E-state index >= 15 is 0 Å². The lowest BCUT2D eigenvalue weighted by Crippen LogP contribution is -2.45. The van der Waals surface area contributed by atoms with E-state index in [0.717, 1.165) is 37.9 Å². The summed E-state index contributed by atoms with van der Waals surface area (Å²) in [5, 5.41) is 3.28. The van der Waals surface area contributed by atoms with Crippen LogP contribution in [-0.4, -0.2) is 30.4 Å². The summed E-state index contributed by atoms with van der Waals surface area (Å²) in [5.41, 5.74) is 1.76. The molecule has 21 heavy (non-hydrogen) atoms. The van der Waals surface area contributed by atoms with Gasteiger partial charge in [-0.1, -0.05) is 12.1 Å². The number of fused-ring (bicyclic) bond motifs is 1. The van der Waals surface area contributed by atoms with Crippen LogP contribution in [0.5, 0.6) is 0 Å². The number of amides is 1. The second-order valence-corrected chi connectivity index (χ2v) is 5.79. The SMILES string of the molecule is CC1c2c(F)cccc2CCN1C(=O)C1CCNCC1.Cl. The third-order valence-electron chi connectivity index (χ3n) is 4.62. The topological polar surface area (TPSA) is 32.3 Å². The maximum atomic E-state index is 14.1. The van der Waals surface area contributed by atoms with Crippen molar-refractivity contribution in [2.24, 2.45) is 5.92 Å². The molecule has 1 N–H and O–H groups in total. The van der Waals surface area contributed by atoms with Gasteiger partial charge in [0.25, 0.3) is 0 Å². The predicted molar refractivity (Wildman–Crippen MR) is 83.1 cm³/mol. The summed E-state index contributed by atoms with van der Waals surface area (Å²) in [6.45, 7) is 4.47. The van der Waals surface area contributed by atoms with E-state index in [2.05, 4.69) is 5.32 Å². The van der Waals surface area contributed by atoms with Crippen LogP contribution in [-0.2, 0) is 11.2 Å². The van der Waals surface area contributed by atoms with Crippen molar-refractivity contribution < 1.29 is 9.18 Å². The zero-order chi connectivity index (χ0) is 14.1. The second-order valence-electron chi connectivity index (χ2n) is 5.79. The summed E-state index contributed by atoms with van der Waals surface area (Å²) in [7, 11) is 0. The van der Waals surface area contributed by atoms with E-state index in [4.69, 9.17) is 0 Å². The Morgan fingerprint density at radius 3 is 2.76 bits per heavy atom. The molecule has 0 aromatic heterocycles. The first kappa shape index (κ1) is 16.2. The van der Waals surface area contributed by atoms with E-state index in [1.807, 2.05) is 17.9 Å². The Morgan fingerprint density at radius 2 is 2.05 bits per heavy atom. The highest BCUT2D eigenvalue weighted by molar-refractivity contribution is 5.85. The Morgan fingerprint density at radius 1 is 1.33 bits per heavy atom. The van der Waals surface area contributed by atoms with Gasteiger partial charge in [-0.15, -0.1) is 12.4 Å². The molecule has 2 heterocycles. The number of carbonyl (C=O) groups excluding carboxylic acids is 1. The molecule has 1 saturated heterocycles. The average molecular weight is 313 g/mol. The molecule has 1 amide bonds. The minimum atomic E-state index is -0.183. The van der Waals surface area contributed by atoms with Gasteiger partial charge < -0.3 is 10.2 Å². The lowest BCUT2D eigenvalue weighted by molar-refractivity contribution is -0.139. The van der Waals surface area contributed by atoms with Gasteiger partial charge in [-0.05, 0) is 50.9 Å². The van der Waals surface area contributed by atoms with Crippen LogP contribution in [0.15, 0.2) is 18.2 Å². The number of nitrogens with zero attached hydrogens (tertiary/aromatic N) is 1. The minimum absolute atomic E-state index is 0. The molecule has 1 aromatic rings. The van der Waals surface area contributed by atoms with Gasteiger partial charge in [0, 0.05) is 18.0 Å². The van der Waals surface area contributed by atoms with Crippen molar-refractivity contribution in [3.63, 3.8) is 0 Å². The van der Waals surface area contributed by atoms with Crippen LogP contribution in [0, 0.1) is 11.7 Å². The molecular formula is C16H22ClFN2O. The second kappa shape index (κ2) is 6.75. The van der Waals surface area contributed by atoms with E-state index in [0.29, 0.717) is 12.1 Å². The van der Waals surface area contributed by atoms with E-state index in [9.17, 15) is 9.18 Å². The molecule has 116 valence electrons. The molecule has 1 atom stereocenters. The van der Waals surface area contributed by atoms with Gasteiger partial charge in [0.2, 0.25) is 5.91 Å². The molecule has 0 bridgehead atoms. The van der Waals surface area contributed by atoms with Gasteiger partial charge in [0.05, 0.1) is 6.04 Å². The molecule has 1 fully saturated rings. The number of halogens is 2. The van der Waals surface area contributed by atoms with Gasteiger partial charge in [-0.3, -0.25) is 4.79 Å². The number of rotatable bonds is 1. The molecule has 2 aliphatic heterocycles. The number of hydrogen-bond acceptors (Lipinski definition) is 2. The molecular weight excluding hydrogens is 291 g/mol. The molecule has 0 aliphatic carbocycles. The fraction of sp³-hybridized carbons (Fsp3) is 0.562. The maximum absolute atomic E-state index is 14.1. The van der Waals surface area contributed by atoms with Crippen molar-refractivity contribution >= 4 is 18.3 Å². The van der Waals surface area contributed by atoms with Crippen molar-refractivity contribution in [2.75, 3.05) is 19.6 Å². The zero-order valence-corrected chi connectivity index (χ0v) is 13.1. The van der Waals surface area contributed by atoms with Crippen molar-refractivity contribution in [1.82, 2.24) is 10.2 Å². The summed E-state index contributed by atoms with van der Waals surface area (Å²) in [6.07, 6.45) is 2.55. The van der Waals surface area contributed by atoms with Gasteiger partial charge in [0.15, 0.2) is 0 Å². The van der Waals surface area contributed by atoms with Crippen molar-refractivity contribution in [1.29, 1.82) is 0 Å². The highest BCUT2D eigenvalue weighted by Crippen LogP contribution is 2.33. The molecule has 0 spiro atoms. The fourth-order valence-electron chi connectivity index (χ4n) is 3.46. The van der Waals surface area contributed by atoms with Gasteiger partial charge in [-0.25, -0.2) is 4.39 Å². The molecule has 2 aliphatic rings. The maximum Gasteiger partial charge on any atom is 0.226 e. The van der Waals surface area contributed by atoms with E-state index in [1.54, 1.807) is 6.07 Å². The molecule has 1 unspecified atom stereocenters. The summed E-state index contributed by atoms with van der Waals surface area (Å²) < 4.78 is 14.1.